The number of pyridine rings is 1. The van der Waals surface area contributed by atoms with Crippen molar-refractivity contribution in [3.63, 3.8) is 0 Å². The predicted octanol–water partition coefficient (Wildman–Crippen LogP) is 4.17. The molecular weight excluding hydrogens is 510 g/mol. The maximum absolute atomic E-state index is 15.1. The van der Waals surface area contributed by atoms with E-state index in [0.29, 0.717) is 17.4 Å². The van der Waals surface area contributed by atoms with E-state index in [1.54, 1.807) is 24.7 Å². The Morgan fingerprint density at radius 2 is 1.92 bits per heavy atom. The number of aromatic nitrogens is 4. The number of nitrogens with one attached hydrogen (secondary N) is 1. The van der Waals surface area contributed by atoms with Crippen LogP contribution in [0.25, 0.3) is 16.8 Å². The fourth-order valence-electron chi connectivity index (χ4n) is 5.46. The number of hydrogen-bond acceptors (Lipinski definition) is 8. The Kier molecular flexibility index (Phi) is 6.34. The van der Waals surface area contributed by atoms with Crippen molar-refractivity contribution < 1.29 is 18.6 Å². The first-order valence-electron chi connectivity index (χ1n) is 12.5. The average Bonchev–Trinajstić information content (AvgIpc) is 3.27. The van der Waals surface area contributed by atoms with Gasteiger partial charge in [-0.05, 0) is 66.1 Å². The van der Waals surface area contributed by atoms with Crippen molar-refractivity contribution in [2.75, 3.05) is 18.5 Å². The van der Waals surface area contributed by atoms with E-state index in [4.69, 9.17) is 10.5 Å². The van der Waals surface area contributed by atoms with Gasteiger partial charge < -0.3 is 20.9 Å². The molecule has 1 aromatic carbocycles. The number of nitrogens with two attached hydrogens (primary N) is 1. The van der Waals surface area contributed by atoms with Gasteiger partial charge in [0, 0.05) is 17.5 Å². The summed E-state index contributed by atoms with van der Waals surface area (Å²) < 4.78 is 36.7. The monoisotopic (exact) mass is 538 g/mol. The maximum atomic E-state index is 15.1. The molecule has 6 rings (SSSR count). The standard InChI is InChI=1S/C27H28F2N6O2S/c1-14-6-15(7-21(30)25(14)38)18-4-5-31-11-23(18)33-26-32-10-17-2-3-22(34-35(17)26)24-19(28)8-16(9-20(24)29)27(36)12-37-13-27/h2-5,8-11,14-15,21,25,36,38H,6-7,12-13,30H2,1H3,(H,32,33). The van der Waals surface area contributed by atoms with E-state index in [1.165, 1.54) is 10.6 Å². The number of rotatable bonds is 5. The number of halogens is 2. The van der Waals surface area contributed by atoms with E-state index >= 15 is 8.78 Å². The number of hydrogen-bond donors (Lipinski definition) is 4. The van der Waals surface area contributed by atoms with Crippen molar-refractivity contribution in [3.8, 4) is 11.3 Å². The number of thiol groups is 1. The lowest BCUT2D eigenvalue weighted by Gasteiger charge is -2.37. The molecule has 0 amide bonds. The summed E-state index contributed by atoms with van der Waals surface area (Å²) in [6.07, 6.45) is 6.86. The van der Waals surface area contributed by atoms with Crippen molar-refractivity contribution >= 4 is 29.8 Å². The zero-order valence-corrected chi connectivity index (χ0v) is 21.6. The zero-order chi connectivity index (χ0) is 26.6. The van der Waals surface area contributed by atoms with Gasteiger partial charge in [-0.25, -0.2) is 13.8 Å². The fourth-order valence-corrected chi connectivity index (χ4v) is 5.71. The Morgan fingerprint density at radius 3 is 2.61 bits per heavy atom. The number of aliphatic hydroxyl groups is 1. The summed E-state index contributed by atoms with van der Waals surface area (Å²) in [6.45, 7) is 2.16. The first kappa shape index (κ1) is 25.2. The van der Waals surface area contributed by atoms with Gasteiger partial charge in [0.25, 0.3) is 0 Å². The van der Waals surface area contributed by atoms with Gasteiger partial charge in [0.05, 0.1) is 48.1 Å². The van der Waals surface area contributed by atoms with E-state index in [9.17, 15) is 5.11 Å². The van der Waals surface area contributed by atoms with E-state index in [2.05, 4.69) is 39.9 Å². The van der Waals surface area contributed by atoms with Crippen molar-refractivity contribution in [1.29, 1.82) is 0 Å². The SMILES string of the molecule is CC1CC(c2ccncc2Nc2ncc3ccc(-c4c(F)cc(C5(O)COC5)cc4F)nn23)CC(N)C1S. The Morgan fingerprint density at radius 1 is 1.16 bits per heavy atom. The van der Waals surface area contributed by atoms with Gasteiger partial charge in [-0.1, -0.05) is 6.92 Å². The zero-order valence-electron chi connectivity index (χ0n) is 20.7. The maximum Gasteiger partial charge on any atom is 0.229 e. The van der Waals surface area contributed by atoms with Crippen LogP contribution in [-0.2, 0) is 10.3 Å². The Bertz CT molecular complexity index is 1480. The molecule has 2 aliphatic rings. The molecule has 1 saturated heterocycles. The lowest BCUT2D eigenvalue weighted by Crippen LogP contribution is -2.46. The molecule has 38 heavy (non-hydrogen) atoms. The van der Waals surface area contributed by atoms with Gasteiger partial charge in [-0.15, -0.1) is 0 Å². The van der Waals surface area contributed by atoms with Crippen LogP contribution < -0.4 is 11.1 Å². The molecule has 1 aliphatic heterocycles. The summed E-state index contributed by atoms with van der Waals surface area (Å²) in [5, 5.41) is 18.4. The van der Waals surface area contributed by atoms with Gasteiger partial charge in [-0.3, -0.25) is 4.98 Å². The van der Waals surface area contributed by atoms with E-state index in [-0.39, 0.29) is 47.2 Å². The van der Waals surface area contributed by atoms with Gasteiger partial charge >= 0.3 is 0 Å². The summed E-state index contributed by atoms with van der Waals surface area (Å²) in [5.74, 6) is -0.669. The first-order valence-corrected chi connectivity index (χ1v) is 13.0. The molecule has 3 aromatic heterocycles. The topological polar surface area (TPSA) is 111 Å². The van der Waals surface area contributed by atoms with Crippen molar-refractivity contribution in [2.45, 2.75) is 42.6 Å². The fraction of sp³-hybridized carbons (Fsp3) is 0.370. The molecule has 4 heterocycles. The van der Waals surface area contributed by atoms with Gasteiger partial charge in [-0.2, -0.15) is 22.2 Å². The highest BCUT2D eigenvalue weighted by atomic mass is 32.1. The van der Waals surface area contributed by atoms with Crippen LogP contribution in [0.5, 0.6) is 0 Å². The van der Waals surface area contributed by atoms with Crippen LogP contribution in [0.2, 0.25) is 0 Å². The second kappa shape index (κ2) is 9.57. The molecule has 0 radical (unpaired) electrons. The second-order valence-electron chi connectivity index (χ2n) is 10.4. The van der Waals surface area contributed by atoms with E-state index < -0.39 is 17.2 Å². The number of anilines is 2. The minimum Gasteiger partial charge on any atom is -0.380 e. The van der Waals surface area contributed by atoms with Crippen molar-refractivity contribution in [2.24, 2.45) is 11.7 Å². The average molecular weight is 539 g/mol. The summed E-state index contributed by atoms with van der Waals surface area (Å²) in [4.78, 5) is 8.74. The smallest absolute Gasteiger partial charge is 0.229 e. The number of nitrogens with zero attached hydrogens (tertiary/aromatic N) is 4. The van der Waals surface area contributed by atoms with Crippen LogP contribution in [0.1, 0.15) is 36.8 Å². The highest BCUT2D eigenvalue weighted by Gasteiger charge is 2.39. The van der Waals surface area contributed by atoms with Crippen LogP contribution in [0.3, 0.4) is 0 Å². The van der Waals surface area contributed by atoms with Crippen LogP contribution in [0, 0.1) is 17.6 Å². The van der Waals surface area contributed by atoms with Gasteiger partial charge in [0.15, 0.2) is 0 Å². The Hall–Kier alpha value is -3.12. The molecule has 0 bridgehead atoms. The molecule has 4 N–H and O–H groups in total. The van der Waals surface area contributed by atoms with E-state index in [1.807, 2.05) is 6.07 Å². The van der Waals surface area contributed by atoms with Crippen LogP contribution in [0.4, 0.5) is 20.4 Å². The van der Waals surface area contributed by atoms with Crippen LogP contribution in [0.15, 0.2) is 48.9 Å². The van der Waals surface area contributed by atoms with Crippen LogP contribution in [-0.4, -0.2) is 49.2 Å². The quantitative estimate of drug-likeness (QED) is 0.282. The number of ether oxygens (including phenoxy) is 1. The predicted molar refractivity (Wildman–Crippen MR) is 142 cm³/mol. The van der Waals surface area contributed by atoms with Crippen molar-refractivity contribution in [1.82, 2.24) is 19.6 Å². The third-order valence-electron chi connectivity index (χ3n) is 7.68. The molecular formula is C27H28F2N6O2S. The Labute approximate surface area is 223 Å². The number of imidazole rings is 1. The largest absolute Gasteiger partial charge is 0.380 e. The highest BCUT2D eigenvalue weighted by molar-refractivity contribution is 7.81. The van der Waals surface area contributed by atoms with Crippen molar-refractivity contribution in [3.05, 3.63) is 71.7 Å². The van der Waals surface area contributed by atoms with Gasteiger partial charge in [0.2, 0.25) is 5.95 Å². The first-order chi connectivity index (χ1) is 18.2. The molecule has 2 fully saturated rings. The third-order valence-corrected chi connectivity index (χ3v) is 8.57. The third kappa shape index (κ3) is 4.33. The molecule has 1 saturated carbocycles. The molecule has 8 nitrogen and oxygen atoms in total. The summed E-state index contributed by atoms with van der Waals surface area (Å²) in [7, 11) is 0. The molecule has 4 aromatic rings. The second-order valence-corrected chi connectivity index (χ2v) is 11.0. The molecule has 4 atom stereocenters. The number of benzene rings is 1. The molecule has 0 spiro atoms. The lowest BCUT2D eigenvalue weighted by molar-refractivity contribution is -0.184. The summed E-state index contributed by atoms with van der Waals surface area (Å²) in [5.41, 5.74) is 7.43. The Balaban J connectivity index is 1.34. The molecule has 1 aliphatic carbocycles. The molecule has 4 unspecified atom stereocenters. The minimum absolute atomic E-state index is 0.00321. The van der Waals surface area contributed by atoms with Crippen LogP contribution >= 0.6 is 12.6 Å². The highest BCUT2D eigenvalue weighted by Crippen LogP contribution is 2.41. The summed E-state index contributed by atoms with van der Waals surface area (Å²) in [6, 6.07) is 7.46. The molecule has 11 heteroatoms. The van der Waals surface area contributed by atoms with E-state index in [0.717, 1.165) is 36.2 Å². The summed E-state index contributed by atoms with van der Waals surface area (Å²) >= 11 is 4.68. The number of fused-ring (bicyclic) bond motifs is 1. The lowest BCUT2D eigenvalue weighted by atomic mass is 9.76. The minimum atomic E-state index is -1.38. The molecule has 198 valence electrons. The van der Waals surface area contributed by atoms with Gasteiger partial charge in [0.1, 0.15) is 17.2 Å². The normalized spacial score (nSPS) is 24.8.